The summed E-state index contributed by atoms with van der Waals surface area (Å²) < 4.78 is 0. The van der Waals surface area contributed by atoms with Crippen molar-refractivity contribution in [2.24, 2.45) is 17.8 Å². The number of carboxylic acids is 1. The van der Waals surface area contributed by atoms with Crippen LogP contribution < -0.4 is 5.32 Å². The van der Waals surface area contributed by atoms with E-state index < -0.39 is 41.5 Å². The zero-order chi connectivity index (χ0) is 16.6. The number of carbonyl (C=O) groups excluding carboxylic acids is 2. The van der Waals surface area contributed by atoms with Crippen LogP contribution in [0.2, 0.25) is 0 Å². The standard InChI is InChI=1S/C17H19NO5/c19-14(9-5-2-1-3-6-9)13-15(20)12-10(17(22)23)7-4-8-11(12)18-16(13)21/h1-3,5-6,10-13,15,20H,4,7-8H2,(H,18,21)(H,22,23). The summed E-state index contributed by atoms with van der Waals surface area (Å²) in [6, 6.07) is 7.92. The molecule has 0 spiro atoms. The van der Waals surface area contributed by atoms with Crippen LogP contribution in [-0.2, 0) is 9.59 Å². The van der Waals surface area contributed by atoms with Crippen LogP contribution >= 0.6 is 0 Å². The highest BCUT2D eigenvalue weighted by Gasteiger charge is 2.52. The zero-order valence-corrected chi connectivity index (χ0v) is 12.5. The Morgan fingerprint density at radius 1 is 1.13 bits per heavy atom. The Labute approximate surface area is 133 Å². The number of aliphatic carboxylic acids is 1. The average molecular weight is 317 g/mol. The van der Waals surface area contributed by atoms with Crippen molar-refractivity contribution in [1.29, 1.82) is 0 Å². The fourth-order valence-corrected chi connectivity index (χ4v) is 3.86. The van der Waals surface area contributed by atoms with Crippen LogP contribution in [-0.4, -0.2) is 40.0 Å². The normalized spacial score (nSPS) is 33.4. The van der Waals surface area contributed by atoms with Crippen LogP contribution in [0.4, 0.5) is 0 Å². The second-order valence-corrected chi connectivity index (χ2v) is 6.27. The van der Waals surface area contributed by atoms with Crippen LogP contribution in [0.15, 0.2) is 30.3 Å². The molecule has 0 aromatic heterocycles. The van der Waals surface area contributed by atoms with E-state index in [1.807, 2.05) is 0 Å². The third-order valence-electron chi connectivity index (χ3n) is 4.96. The van der Waals surface area contributed by atoms with Gasteiger partial charge in [0.05, 0.1) is 12.0 Å². The topological polar surface area (TPSA) is 104 Å². The molecule has 1 aromatic carbocycles. The van der Waals surface area contributed by atoms with E-state index >= 15 is 0 Å². The molecular formula is C17H19NO5. The summed E-state index contributed by atoms with van der Waals surface area (Å²) >= 11 is 0. The number of nitrogens with one attached hydrogen (secondary N) is 1. The number of benzene rings is 1. The number of piperidine rings is 1. The van der Waals surface area contributed by atoms with Gasteiger partial charge in [0.25, 0.3) is 0 Å². The van der Waals surface area contributed by atoms with Gasteiger partial charge in [0.2, 0.25) is 5.91 Å². The van der Waals surface area contributed by atoms with Gasteiger partial charge in [-0.05, 0) is 12.8 Å². The first kappa shape index (κ1) is 15.7. The molecule has 1 aromatic rings. The van der Waals surface area contributed by atoms with Gasteiger partial charge in [0.1, 0.15) is 5.92 Å². The molecule has 3 rings (SSSR count). The van der Waals surface area contributed by atoms with E-state index in [1.165, 1.54) is 0 Å². The summed E-state index contributed by atoms with van der Waals surface area (Å²) in [5.74, 6) is -4.59. The fourth-order valence-electron chi connectivity index (χ4n) is 3.86. The molecule has 122 valence electrons. The molecule has 1 aliphatic heterocycles. The first-order chi connectivity index (χ1) is 11.0. The van der Waals surface area contributed by atoms with Gasteiger partial charge >= 0.3 is 5.97 Å². The lowest BCUT2D eigenvalue weighted by Crippen LogP contribution is -2.62. The molecule has 1 aliphatic carbocycles. The van der Waals surface area contributed by atoms with E-state index in [4.69, 9.17) is 0 Å². The van der Waals surface area contributed by atoms with E-state index in [0.29, 0.717) is 24.8 Å². The van der Waals surface area contributed by atoms with Crippen molar-refractivity contribution in [1.82, 2.24) is 5.32 Å². The van der Waals surface area contributed by atoms with E-state index in [0.717, 1.165) is 0 Å². The number of carbonyl (C=O) groups is 3. The highest BCUT2D eigenvalue weighted by Crippen LogP contribution is 2.39. The number of fused-ring (bicyclic) bond motifs is 1. The summed E-state index contributed by atoms with van der Waals surface area (Å²) in [5.41, 5.74) is 0.341. The van der Waals surface area contributed by atoms with Crippen LogP contribution in [0.5, 0.6) is 0 Å². The molecule has 3 N–H and O–H groups in total. The molecule has 1 amide bonds. The van der Waals surface area contributed by atoms with Crippen molar-refractivity contribution >= 4 is 17.7 Å². The predicted octanol–water partition coefficient (Wildman–Crippen LogP) is 0.846. The maximum atomic E-state index is 12.6. The largest absolute Gasteiger partial charge is 0.481 e. The highest BCUT2D eigenvalue weighted by molar-refractivity contribution is 6.11. The van der Waals surface area contributed by atoms with E-state index in [-0.39, 0.29) is 6.04 Å². The molecular weight excluding hydrogens is 298 g/mol. The van der Waals surface area contributed by atoms with Crippen molar-refractivity contribution in [3.05, 3.63) is 35.9 Å². The molecule has 5 unspecified atom stereocenters. The number of hydrogen-bond acceptors (Lipinski definition) is 4. The van der Waals surface area contributed by atoms with Crippen molar-refractivity contribution in [2.75, 3.05) is 0 Å². The Morgan fingerprint density at radius 2 is 1.83 bits per heavy atom. The van der Waals surface area contributed by atoms with E-state index in [1.54, 1.807) is 30.3 Å². The number of Topliss-reactive ketones (excluding diaryl/α,β-unsaturated/α-hetero) is 1. The number of ketones is 1. The lowest BCUT2D eigenvalue weighted by molar-refractivity contribution is -0.155. The van der Waals surface area contributed by atoms with E-state index in [2.05, 4.69) is 5.32 Å². The minimum absolute atomic E-state index is 0.341. The van der Waals surface area contributed by atoms with Gasteiger partial charge in [-0.15, -0.1) is 0 Å². The van der Waals surface area contributed by atoms with Gasteiger partial charge in [-0.2, -0.15) is 0 Å². The second kappa shape index (κ2) is 6.12. The zero-order valence-electron chi connectivity index (χ0n) is 12.5. The molecule has 6 heteroatoms. The first-order valence-corrected chi connectivity index (χ1v) is 7.81. The number of aliphatic hydroxyl groups excluding tert-OH is 1. The van der Waals surface area contributed by atoms with Crippen LogP contribution in [0.25, 0.3) is 0 Å². The van der Waals surface area contributed by atoms with Crippen LogP contribution in [0, 0.1) is 17.8 Å². The summed E-state index contributed by atoms with van der Waals surface area (Å²) in [5, 5.41) is 22.8. The molecule has 0 bridgehead atoms. The molecule has 6 nitrogen and oxygen atoms in total. The smallest absolute Gasteiger partial charge is 0.306 e. The number of amides is 1. The van der Waals surface area contributed by atoms with E-state index in [9.17, 15) is 24.6 Å². The van der Waals surface area contributed by atoms with Gasteiger partial charge in [0, 0.05) is 17.5 Å². The number of carboxylic acid groups (broad SMARTS) is 1. The van der Waals surface area contributed by atoms with Crippen LogP contribution in [0.1, 0.15) is 29.6 Å². The Bertz CT molecular complexity index is 629. The molecule has 23 heavy (non-hydrogen) atoms. The summed E-state index contributed by atoms with van der Waals surface area (Å²) in [6.07, 6.45) is 0.490. The van der Waals surface area contributed by atoms with Gasteiger partial charge in [-0.3, -0.25) is 14.4 Å². The molecule has 2 aliphatic rings. The van der Waals surface area contributed by atoms with Gasteiger partial charge in [-0.25, -0.2) is 0 Å². The van der Waals surface area contributed by atoms with Crippen molar-refractivity contribution < 1.29 is 24.6 Å². The Morgan fingerprint density at radius 3 is 2.48 bits per heavy atom. The minimum atomic E-state index is -1.28. The van der Waals surface area contributed by atoms with Crippen LogP contribution in [0.3, 0.4) is 0 Å². The fraction of sp³-hybridized carbons (Fsp3) is 0.471. The lowest BCUT2D eigenvalue weighted by atomic mass is 9.66. The molecule has 5 atom stereocenters. The summed E-state index contributed by atoms with van der Waals surface area (Å²) in [6.45, 7) is 0. The van der Waals surface area contributed by atoms with Gasteiger partial charge in [0.15, 0.2) is 5.78 Å². The Kier molecular flexibility index (Phi) is 4.17. The summed E-state index contributed by atoms with van der Waals surface area (Å²) in [4.78, 5) is 36.4. The third kappa shape index (κ3) is 2.74. The lowest BCUT2D eigenvalue weighted by Gasteiger charge is -2.45. The number of hydrogen-bond donors (Lipinski definition) is 3. The van der Waals surface area contributed by atoms with Crippen molar-refractivity contribution in [3.63, 3.8) is 0 Å². The van der Waals surface area contributed by atoms with Crippen molar-refractivity contribution in [3.8, 4) is 0 Å². The second-order valence-electron chi connectivity index (χ2n) is 6.27. The average Bonchev–Trinajstić information content (AvgIpc) is 2.54. The SMILES string of the molecule is O=C(O)C1CCCC2NC(=O)C(C(=O)c3ccccc3)C(O)C21. The molecule has 1 saturated heterocycles. The van der Waals surface area contributed by atoms with Gasteiger partial charge in [-0.1, -0.05) is 36.8 Å². The molecule has 1 heterocycles. The highest BCUT2D eigenvalue weighted by atomic mass is 16.4. The van der Waals surface area contributed by atoms with Gasteiger partial charge < -0.3 is 15.5 Å². The molecule has 2 fully saturated rings. The Hall–Kier alpha value is -2.21. The number of aliphatic hydroxyl groups is 1. The summed E-state index contributed by atoms with van der Waals surface area (Å²) in [7, 11) is 0. The Balaban J connectivity index is 1.91. The maximum absolute atomic E-state index is 12.6. The quantitative estimate of drug-likeness (QED) is 0.566. The first-order valence-electron chi connectivity index (χ1n) is 7.81. The number of rotatable bonds is 3. The minimum Gasteiger partial charge on any atom is -0.481 e. The maximum Gasteiger partial charge on any atom is 0.306 e. The van der Waals surface area contributed by atoms with Crippen molar-refractivity contribution in [2.45, 2.75) is 31.4 Å². The molecule has 0 radical (unpaired) electrons. The third-order valence-corrected chi connectivity index (χ3v) is 4.96. The molecule has 1 saturated carbocycles. The predicted molar refractivity (Wildman–Crippen MR) is 80.7 cm³/mol. The monoisotopic (exact) mass is 317 g/mol.